The van der Waals surface area contributed by atoms with Crippen LogP contribution < -0.4 is 10.5 Å². The van der Waals surface area contributed by atoms with Gasteiger partial charge in [-0.1, -0.05) is 12.1 Å². The van der Waals surface area contributed by atoms with E-state index in [4.69, 9.17) is 9.56 Å². The Hall–Kier alpha value is -1.06. The standard InChI is InChI=1S/C11H11IN2O3S/c12-9-3-1-2-4-10(9)14-7-8-5-6-11(17-8)18(13,15)16/h1-6,14H,7H2,(H2,13,15,16). The SMILES string of the molecule is NS(=O)(=O)c1ccc(CNc2ccccc2I)o1. The maximum absolute atomic E-state index is 11.0. The van der Waals surface area contributed by atoms with Gasteiger partial charge in [-0.05, 0) is 46.9 Å². The summed E-state index contributed by atoms with van der Waals surface area (Å²) in [6, 6.07) is 10.7. The van der Waals surface area contributed by atoms with E-state index in [0.717, 1.165) is 9.26 Å². The van der Waals surface area contributed by atoms with E-state index in [1.54, 1.807) is 6.07 Å². The fourth-order valence-corrected chi connectivity index (χ4v) is 2.45. The van der Waals surface area contributed by atoms with Crippen LogP contribution in [0.4, 0.5) is 5.69 Å². The molecule has 96 valence electrons. The van der Waals surface area contributed by atoms with Crippen LogP contribution in [0.3, 0.4) is 0 Å². The van der Waals surface area contributed by atoms with Crippen molar-refractivity contribution in [1.29, 1.82) is 0 Å². The molecule has 0 bridgehead atoms. The Bertz CT molecular complexity index is 652. The molecule has 7 heteroatoms. The summed E-state index contributed by atoms with van der Waals surface area (Å²) in [4.78, 5) is 0. The highest BCUT2D eigenvalue weighted by atomic mass is 127. The minimum Gasteiger partial charge on any atom is -0.446 e. The lowest BCUT2D eigenvalue weighted by molar-refractivity contribution is 0.419. The van der Waals surface area contributed by atoms with Crippen molar-refractivity contribution in [2.45, 2.75) is 11.6 Å². The molecule has 0 aliphatic carbocycles. The van der Waals surface area contributed by atoms with Gasteiger partial charge in [-0.3, -0.25) is 0 Å². The van der Waals surface area contributed by atoms with Crippen LogP contribution in [0, 0.1) is 3.57 Å². The number of hydrogen-bond acceptors (Lipinski definition) is 4. The zero-order valence-electron chi connectivity index (χ0n) is 9.26. The van der Waals surface area contributed by atoms with Crippen molar-refractivity contribution < 1.29 is 12.8 Å². The molecule has 0 saturated carbocycles. The third-order valence-corrected chi connectivity index (χ3v) is 3.97. The number of primary sulfonamides is 1. The molecule has 0 fully saturated rings. The molecule has 3 N–H and O–H groups in total. The van der Waals surface area contributed by atoms with E-state index in [-0.39, 0.29) is 5.09 Å². The van der Waals surface area contributed by atoms with Gasteiger partial charge in [0.05, 0.1) is 6.54 Å². The Morgan fingerprint density at radius 3 is 2.56 bits per heavy atom. The number of benzene rings is 1. The first-order valence-electron chi connectivity index (χ1n) is 5.07. The topological polar surface area (TPSA) is 85.3 Å². The van der Waals surface area contributed by atoms with Crippen LogP contribution in [0.5, 0.6) is 0 Å². The molecule has 0 aliphatic rings. The molecule has 1 heterocycles. The van der Waals surface area contributed by atoms with Crippen LogP contribution in [0.25, 0.3) is 0 Å². The third-order valence-electron chi connectivity index (χ3n) is 2.24. The van der Waals surface area contributed by atoms with E-state index in [9.17, 15) is 8.42 Å². The number of nitrogens with two attached hydrogens (primary N) is 1. The summed E-state index contributed by atoms with van der Waals surface area (Å²) in [5.41, 5.74) is 0.964. The number of anilines is 1. The number of nitrogens with one attached hydrogen (secondary N) is 1. The molecule has 2 rings (SSSR count). The summed E-state index contributed by atoms with van der Waals surface area (Å²) < 4.78 is 28.3. The Morgan fingerprint density at radius 1 is 1.22 bits per heavy atom. The highest BCUT2D eigenvalue weighted by Crippen LogP contribution is 2.19. The Labute approximate surface area is 119 Å². The normalized spacial score (nSPS) is 11.4. The lowest BCUT2D eigenvalue weighted by Crippen LogP contribution is -2.10. The van der Waals surface area contributed by atoms with Crippen molar-refractivity contribution in [1.82, 2.24) is 0 Å². The van der Waals surface area contributed by atoms with Crippen LogP contribution in [-0.4, -0.2) is 8.42 Å². The summed E-state index contributed by atoms with van der Waals surface area (Å²) in [6.07, 6.45) is 0. The van der Waals surface area contributed by atoms with Crippen molar-refractivity contribution in [2.24, 2.45) is 5.14 Å². The van der Waals surface area contributed by atoms with Crippen LogP contribution in [0.1, 0.15) is 5.76 Å². The summed E-state index contributed by atoms with van der Waals surface area (Å²) in [5.74, 6) is 0.513. The van der Waals surface area contributed by atoms with Crippen molar-refractivity contribution in [2.75, 3.05) is 5.32 Å². The smallest absolute Gasteiger partial charge is 0.271 e. The largest absolute Gasteiger partial charge is 0.446 e. The number of furan rings is 1. The molecule has 5 nitrogen and oxygen atoms in total. The maximum Gasteiger partial charge on any atom is 0.271 e. The van der Waals surface area contributed by atoms with Gasteiger partial charge in [0.1, 0.15) is 5.76 Å². The van der Waals surface area contributed by atoms with Crippen LogP contribution in [0.2, 0.25) is 0 Å². The molecule has 1 aromatic heterocycles. The highest BCUT2D eigenvalue weighted by molar-refractivity contribution is 14.1. The number of halogens is 1. The first-order chi connectivity index (χ1) is 8.47. The first-order valence-corrected chi connectivity index (χ1v) is 7.69. The van der Waals surface area contributed by atoms with Gasteiger partial charge >= 0.3 is 0 Å². The lowest BCUT2D eigenvalue weighted by Gasteiger charge is -2.06. The predicted molar refractivity (Wildman–Crippen MR) is 76.6 cm³/mol. The molecule has 18 heavy (non-hydrogen) atoms. The van der Waals surface area contributed by atoms with Gasteiger partial charge in [-0.2, -0.15) is 0 Å². The number of para-hydroxylation sites is 1. The molecule has 0 aliphatic heterocycles. The van der Waals surface area contributed by atoms with Gasteiger partial charge in [0.2, 0.25) is 5.09 Å². The molecule has 0 atom stereocenters. The van der Waals surface area contributed by atoms with E-state index < -0.39 is 10.0 Å². The minimum atomic E-state index is -3.77. The second kappa shape index (κ2) is 5.29. The molecule has 0 unspecified atom stereocenters. The van der Waals surface area contributed by atoms with Crippen LogP contribution in [0.15, 0.2) is 45.9 Å². The Morgan fingerprint density at radius 2 is 1.94 bits per heavy atom. The predicted octanol–water partition coefficient (Wildman–Crippen LogP) is 2.14. The zero-order chi connectivity index (χ0) is 13.2. The molecular formula is C11H11IN2O3S. The molecule has 2 aromatic rings. The Kier molecular flexibility index (Phi) is 3.93. The zero-order valence-corrected chi connectivity index (χ0v) is 12.2. The molecule has 0 spiro atoms. The molecule has 0 radical (unpaired) electrons. The number of rotatable bonds is 4. The summed E-state index contributed by atoms with van der Waals surface area (Å²) in [6.45, 7) is 0.398. The second-order valence-corrected chi connectivity index (χ2v) is 6.25. The molecule has 1 aromatic carbocycles. The average molecular weight is 378 g/mol. The van der Waals surface area contributed by atoms with Gasteiger partial charge < -0.3 is 9.73 Å². The van der Waals surface area contributed by atoms with E-state index >= 15 is 0 Å². The van der Waals surface area contributed by atoms with Crippen LogP contribution in [-0.2, 0) is 16.6 Å². The van der Waals surface area contributed by atoms with Crippen molar-refractivity contribution in [3.63, 3.8) is 0 Å². The first kappa shape index (κ1) is 13.4. The van der Waals surface area contributed by atoms with E-state index in [1.807, 2.05) is 24.3 Å². The van der Waals surface area contributed by atoms with Crippen molar-refractivity contribution >= 4 is 38.3 Å². The fraction of sp³-hybridized carbons (Fsp3) is 0.0909. The molecular weight excluding hydrogens is 367 g/mol. The van der Waals surface area contributed by atoms with Crippen molar-refractivity contribution in [3.05, 3.63) is 45.7 Å². The van der Waals surface area contributed by atoms with Crippen molar-refractivity contribution in [3.8, 4) is 0 Å². The second-order valence-electron chi connectivity index (χ2n) is 3.60. The summed E-state index contributed by atoms with van der Waals surface area (Å²) in [5, 5.41) is 7.90. The van der Waals surface area contributed by atoms with Gasteiger partial charge in [-0.25, -0.2) is 13.6 Å². The van der Waals surface area contributed by atoms with Gasteiger partial charge in [0.25, 0.3) is 10.0 Å². The van der Waals surface area contributed by atoms with Crippen LogP contribution >= 0.6 is 22.6 Å². The van der Waals surface area contributed by atoms with E-state index in [1.165, 1.54) is 6.07 Å². The fourth-order valence-electron chi connectivity index (χ4n) is 1.39. The number of sulfonamides is 1. The van der Waals surface area contributed by atoms with Gasteiger partial charge in [-0.15, -0.1) is 0 Å². The highest BCUT2D eigenvalue weighted by Gasteiger charge is 2.13. The van der Waals surface area contributed by atoms with E-state index in [2.05, 4.69) is 27.9 Å². The van der Waals surface area contributed by atoms with Gasteiger partial charge in [0.15, 0.2) is 0 Å². The minimum absolute atomic E-state index is 0.220. The Balaban J connectivity index is 2.08. The monoisotopic (exact) mass is 378 g/mol. The molecule has 0 saturated heterocycles. The third kappa shape index (κ3) is 3.24. The average Bonchev–Trinajstić information content (AvgIpc) is 2.76. The van der Waals surface area contributed by atoms with Gasteiger partial charge in [0, 0.05) is 9.26 Å². The maximum atomic E-state index is 11.0. The van der Waals surface area contributed by atoms with E-state index in [0.29, 0.717) is 12.3 Å². The summed E-state index contributed by atoms with van der Waals surface area (Å²) >= 11 is 2.21. The number of hydrogen-bond donors (Lipinski definition) is 2. The molecule has 0 amide bonds. The lowest BCUT2D eigenvalue weighted by atomic mass is 10.3. The summed E-state index contributed by atoms with van der Waals surface area (Å²) in [7, 11) is -3.77. The quantitative estimate of drug-likeness (QED) is 0.799.